The van der Waals surface area contributed by atoms with Gasteiger partial charge in [-0.15, -0.1) is 4.83 Å². The number of sulfonamides is 1. The molecule has 2 aromatic rings. The van der Waals surface area contributed by atoms with E-state index in [1.165, 1.54) is 51.7 Å². The maximum atomic E-state index is 12.6. The number of ether oxygens (including phenoxy) is 5. The van der Waals surface area contributed by atoms with Gasteiger partial charge in [-0.3, -0.25) is 10.2 Å². The number of methoxy groups -OCH3 is 3. The molecule has 0 atom stereocenters. The fraction of sp³-hybridized carbons (Fsp3) is 0.316. The van der Waals surface area contributed by atoms with Crippen molar-refractivity contribution < 1.29 is 36.9 Å². The number of carbonyl (C=O) groups is 1. The monoisotopic (exact) mass is 438 g/mol. The third kappa shape index (κ3) is 4.52. The first-order valence-corrected chi connectivity index (χ1v) is 10.4. The van der Waals surface area contributed by atoms with Gasteiger partial charge in [-0.25, -0.2) is 8.42 Å². The van der Waals surface area contributed by atoms with E-state index in [2.05, 4.69) is 10.3 Å². The van der Waals surface area contributed by atoms with E-state index in [4.69, 9.17) is 23.7 Å². The molecule has 10 nitrogen and oxygen atoms in total. The number of carbonyl (C=O) groups excluding carboxylic acids is 1. The first kappa shape index (κ1) is 21.5. The number of hydrogen-bond acceptors (Lipinski definition) is 8. The van der Waals surface area contributed by atoms with Gasteiger partial charge in [0.1, 0.15) is 0 Å². The van der Waals surface area contributed by atoms with Crippen LogP contribution in [0.2, 0.25) is 0 Å². The Morgan fingerprint density at radius 3 is 2.17 bits per heavy atom. The lowest BCUT2D eigenvalue weighted by molar-refractivity contribution is 0.0944. The molecule has 0 fully saturated rings. The molecule has 0 aromatic heterocycles. The predicted molar refractivity (Wildman–Crippen MR) is 106 cm³/mol. The summed E-state index contributed by atoms with van der Waals surface area (Å²) in [6, 6.07) is 7.02. The van der Waals surface area contributed by atoms with Gasteiger partial charge in [-0.1, -0.05) is 0 Å². The Labute approximate surface area is 174 Å². The number of amides is 1. The lowest BCUT2D eigenvalue weighted by Crippen LogP contribution is -2.41. The van der Waals surface area contributed by atoms with Crippen LogP contribution < -0.4 is 33.9 Å². The fourth-order valence-corrected chi connectivity index (χ4v) is 3.62. The van der Waals surface area contributed by atoms with Crippen LogP contribution in [0.1, 0.15) is 16.8 Å². The molecular weight excluding hydrogens is 416 g/mol. The smallest absolute Gasteiger partial charge is 0.266 e. The molecule has 0 radical (unpaired) electrons. The summed E-state index contributed by atoms with van der Waals surface area (Å²) in [5, 5.41) is 0. The molecule has 1 heterocycles. The zero-order chi connectivity index (χ0) is 21.7. The van der Waals surface area contributed by atoms with Gasteiger partial charge in [0.05, 0.1) is 39.4 Å². The maximum absolute atomic E-state index is 12.6. The van der Waals surface area contributed by atoms with Crippen LogP contribution in [0.25, 0.3) is 0 Å². The van der Waals surface area contributed by atoms with E-state index in [9.17, 15) is 13.2 Å². The minimum Gasteiger partial charge on any atom is -0.493 e. The van der Waals surface area contributed by atoms with Crippen LogP contribution >= 0.6 is 0 Å². The molecule has 3 rings (SSSR count). The zero-order valence-electron chi connectivity index (χ0n) is 16.7. The quantitative estimate of drug-likeness (QED) is 0.624. The van der Waals surface area contributed by atoms with Crippen molar-refractivity contribution >= 4 is 15.9 Å². The normalized spacial score (nSPS) is 13.2. The van der Waals surface area contributed by atoms with Crippen molar-refractivity contribution in [2.24, 2.45) is 0 Å². The van der Waals surface area contributed by atoms with Crippen LogP contribution in [0, 0.1) is 0 Å². The standard InChI is InChI=1S/C19H22N2O8S/c1-25-16-9-12(10-17(26-2)18(16)27-3)19(22)20-21-30(23,24)13-5-6-14-15(11-13)29-8-4-7-28-14/h5-6,9-11,21H,4,7-8H2,1-3H3,(H,20,22). The van der Waals surface area contributed by atoms with E-state index in [1.807, 2.05) is 0 Å². The van der Waals surface area contributed by atoms with Crippen molar-refractivity contribution in [1.82, 2.24) is 10.3 Å². The summed E-state index contributed by atoms with van der Waals surface area (Å²) in [6.07, 6.45) is 0.694. The number of fused-ring (bicyclic) bond motifs is 1. The molecule has 162 valence electrons. The van der Waals surface area contributed by atoms with Gasteiger partial charge in [0.15, 0.2) is 23.0 Å². The number of nitrogens with one attached hydrogen (secondary N) is 2. The highest BCUT2D eigenvalue weighted by Crippen LogP contribution is 2.38. The third-order valence-electron chi connectivity index (χ3n) is 4.26. The Hall–Kier alpha value is -3.18. The lowest BCUT2D eigenvalue weighted by Gasteiger charge is -2.14. The number of rotatable bonds is 7. The molecule has 0 aliphatic carbocycles. The van der Waals surface area contributed by atoms with Crippen LogP contribution in [0.4, 0.5) is 0 Å². The van der Waals surface area contributed by atoms with E-state index in [-0.39, 0.29) is 22.0 Å². The van der Waals surface area contributed by atoms with Gasteiger partial charge in [-0.05, 0) is 24.3 Å². The molecule has 0 unspecified atom stereocenters. The van der Waals surface area contributed by atoms with Gasteiger partial charge in [0.2, 0.25) is 5.75 Å². The Bertz CT molecular complexity index is 1010. The Morgan fingerprint density at radius 1 is 0.933 bits per heavy atom. The van der Waals surface area contributed by atoms with Crippen molar-refractivity contribution in [2.45, 2.75) is 11.3 Å². The summed E-state index contributed by atoms with van der Waals surface area (Å²) in [7, 11) is 0.194. The Morgan fingerprint density at radius 2 is 1.57 bits per heavy atom. The third-order valence-corrected chi connectivity index (χ3v) is 5.50. The second kappa shape index (κ2) is 9.09. The first-order chi connectivity index (χ1) is 14.4. The maximum Gasteiger partial charge on any atom is 0.266 e. The average Bonchev–Trinajstić information content (AvgIpc) is 3.01. The molecule has 0 saturated heterocycles. The highest BCUT2D eigenvalue weighted by atomic mass is 32.2. The molecule has 1 amide bonds. The van der Waals surface area contributed by atoms with Crippen molar-refractivity contribution in [3.05, 3.63) is 35.9 Å². The van der Waals surface area contributed by atoms with Gasteiger partial charge in [-0.2, -0.15) is 0 Å². The van der Waals surface area contributed by atoms with E-state index in [0.29, 0.717) is 36.9 Å². The summed E-state index contributed by atoms with van der Waals surface area (Å²) in [6.45, 7) is 0.907. The number of hydrazine groups is 1. The van der Waals surface area contributed by atoms with Crippen molar-refractivity contribution in [1.29, 1.82) is 0 Å². The highest BCUT2D eigenvalue weighted by molar-refractivity contribution is 7.89. The molecule has 11 heteroatoms. The Kier molecular flexibility index (Phi) is 6.53. The first-order valence-electron chi connectivity index (χ1n) is 8.91. The second-order valence-corrected chi connectivity index (χ2v) is 7.82. The molecule has 30 heavy (non-hydrogen) atoms. The van der Waals surface area contributed by atoms with Crippen LogP contribution in [-0.4, -0.2) is 48.9 Å². The summed E-state index contributed by atoms with van der Waals surface area (Å²) in [4.78, 5) is 14.5. The minimum atomic E-state index is -4.06. The molecular formula is C19H22N2O8S. The number of benzene rings is 2. The fourth-order valence-electron chi connectivity index (χ4n) is 2.77. The Balaban J connectivity index is 1.78. The van der Waals surface area contributed by atoms with Gasteiger partial charge in [0, 0.05) is 18.1 Å². The molecule has 2 aromatic carbocycles. The second-order valence-electron chi connectivity index (χ2n) is 6.13. The topological polar surface area (TPSA) is 121 Å². The van der Waals surface area contributed by atoms with E-state index >= 15 is 0 Å². The largest absolute Gasteiger partial charge is 0.493 e. The molecule has 1 aliphatic rings. The average molecular weight is 438 g/mol. The minimum absolute atomic E-state index is 0.0862. The molecule has 0 spiro atoms. The molecule has 0 saturated carbocycles. The van der Waals surface area contributed by atoms with Crippen LogP contribution in [0.3, 0.4) is 0 Å². The zero-order valence-corrected chi connectivity index (χ0v) is 17.5. The van der Waals surface area contributed by atoms with Crippen molar-refractivity contribution in [3.8, 4) is 28.7 Å². The molecule has 2 N–H and O–H groups in total. The van der Waals surface area contributed by atoms with Gasteiger partial charge < -0.3 is 23.7 Å². The SMILES string of the molecule is COc1cc(C(=O)NNS(=O)(=O)c2ccc3c(c2)OCCCO3)cc(OC)c1OC. The van der Waals surface area contributed by atoms with Crippen LogP contribution in [-0.2, 0) is 10.0 Å². The van der Waals surface area contributed by atoms with Crippen molar-refractivity contribution in [3.63, 3.8) is 0 Å². The van der Waals surface area contributed by atoms with Gasteiger partial charge in [0.25, 0.3) is 15.9 Å². The van der Waals surface area contributed by atoms with E-state index < -0.39 is 15.9 Å². The molecule has 0 bridgehead atoms. The van der Waals surface area contributed by atoms with Crippen LogP contribution in [0.5, 0.6) is 28.7 Å². The summed E-state index contributed by atoms with van der Waals surface area (Å²) in [5.41, 5.74) is 2.27. The summed E-state index contributed by atoms with van der Waals surface area (Å²) in [5.74, 6) is 0.899. The lowest BCUT2D eigenvalue weighted by atomic mass is 10.1. The van der Waals surface area contributed by atoms with Crippen molar-refractivity contribution in [2.75, 3.05) is 34.5 Å². The van der Waals surface area contributed by atoms with E-state index in [0.717, 1.165) is 0 Å². The van der Waals surface area contributed by atoms with Gasteiger partial charge >= 0.3 is 0 Å². The highest BCUT2D eigenvalue weighted by Gasteiger charge is 2.21. The van der Waals surface area contributed by atoms with E-state index in [1.54, 1.807) is 0 Å². The number of hydrogen-bond donors (Lipinski definition) is 2. The summed E-state index contributed by atoms with van der Waals surface area (Å²) >= 11 is 0. The molecule has 1 aliphatic heterocycles. The summed E-state index contributed by atoms with van der Waals surface area (Å²) < 4.78 is 51.8. The van der Waals surface area contributed by atoms with Crippen LogP contribution in [0.15, 0.2) is 35.2 Å². The predicted octanol–water partition coefficient (Wildman–Crippen LogP) is 1.50.